The van der Waals surface area contributed by atoms with E-state index in [9.17, 15) is 9.59 Å². The van der Waals surface area contributed by atoms with Crippen LogP contribution < -0.4 is 0 Å². The Morgan fingerprint density at radius 1 is 1.35 bits per heavy atom. The minimum absolute atomic E-state index is 0.115. The van der Waals surface area contributed by atoms with Crippen molar-refractivity contribution < 1.29 is 19.1 Å². The first-order chi connectivity index (χ1) is 9.67. The number of carbonyl (C=O) groups is 2. The third-order valence-electron chi connectivity index (χ3n) is 3.84. The fourth-order valence-electron chi connectivity index (χ4n) is 2.77. The van der Waals surface area contributed by atoms with Crippen molar-refractivity contribution in [1.82, 2.24) is 4.90 Å². The molecule has 0 N–H and O–H groups in total. The molecule has 2 fully saturated rings. The molecule has 20 heavy (non-hydrogen) atoms. The molecular formula is C15H17NO4. The number of benzene rings is 1. The first-order valence-electron chi connectivity index (χ1n) is 6.78. The van der Waals surface area contributed by atoms with Crippen LogP contribution in [0.3, 0.4) is 0 Å². The number of carbonyl (C=O) groups excluding carboxylic acids is 2. The van der Waals surface area contributed by atoms with Crippen LogP contribution in [0.2, 0.25) is 0 Å². The topological polar surface area (TPSA) is 55.8 Å². The molecule has 2 heterocycles. The number of amides is 1. The number of Topliss-reactive ketones (excluding diaryl/α,β-unsaturated/α-hetero) is 1. The highest BCUT2D eigenvalue weighted by atomic mass is 16.6. The van der Waals surface area contributed by atoms with Crippen molar-refractivity contribution in [2.24, 2.45) is 0 Å². The van der Waals surface area contributed by atoms with Gasteiger partial charge in [0.15, 0.2) is 5.78 Å². The Balaban J connectivity index is 1.53. The van der Waals surface area contributed by atoms with Gasteiger partial charge < -0.3 is 14.4 Å². The van der Waals surface area contributed by atoms with Crippen molar-refractivity contribution in [2.45, 2.75) is 25.0 Å². The van der Waals surface area contributed by atoms with Crippen molar-refractivity contribution in [3.63, 3.8) is 0 Å². The van der Waals surface area contributed by atoms with Crippen LogP contribution in [-0.2, 0) is 20.9 Å². The van der Waals surface area contributed by atoms with Crippen molar-refractivity contribution in [3.8, 4) is 0 Å². The number of ketones is 1. The van der Waals surface area contributed by atoms with Gasteiger partial charge in [-0.2, -0.15) is 0 Å². The fourth-order valence-corrected chi connectivity index (χ4v) is 2.77. The van der Waals surface area contributed by atoms with E-state index >= 15 is 0 Å². The Labute approximate surface area is 117 Å². The molecule has 2 aliphatic heterocycles. The molecule has 0 aromatic heterocycles. The highest BCUT2D eigenvalue weighted by Crippen LogP contribution is 2.33. The Bertz CT molecular complexity index is 516. The summed E-state index contributed by atoms with van der Waals surface area (Å²) in [4.78, 5) is 25.0. The van der Waals surface area contributed by atoms with Gasteiger partial charge in [0.1, 0.15) is 13.2 Å². The molecule has 5 nitrogen and oxygen atoms in total. The summed E-state index contributed by atoms with van der Waals surface area (Å²) in [6, 6.07) is 9.57. The number of likely N-dealkylation sites (tertiary alicyclic amines) is 1. The van der Waals surface area contributed by atoms with Crippen LogP contribution in [0.4, 0.5) is 4.79 Å². The largest absolute Gasteiger partial charge is 0.445 e. The number of ether oxygens (including phenoxy) is 2. The molecule has 0 radical (unpaired) electrons. The second-order valence-electron chi connectivity index (χ2n) is 5.40. The lowest BCUT2D eigenvalue weighted by atomic mass is 9.99. The number of nitrogens with zero attached hydrogens (tertiary/aromatic N) is 1. The van der Waals surface area contributed by atoms with Crippen molar-refractivity contribution in [3.05, 3.63) is 35.9 Å². The average molecular weight is 275 g/mol. The smallest absolute Gasteiger partial charge is 0.410 e. The maximum absolute atomic E-state index is 12.0. The van der Waals surface area contributed by atoms with Gasteiger partial charge in [0.05, 0.1) is 12.1 Å². The highest BCUT2D eigenvalue weighted by Gasteiger charge is 2.46. The molecule has 5 heteroatoms. The predicted molar refractivity (Wildman–Crippen MR) is 71.1 cm³/mol. The van der Waals surface area contributed by atoms with E-state index < -0.39 is 5.60 Å². The summed E-state index contributed by atoms with van der Waals surface area (Å²) >= 11 is 0. The second-order valence-corrected chi connectivity index (χ2v) is 5.40. The first kappa shape index (κ1) is 13.1. The third kappa shape index (κ3) is 2.67. The van der Waals surface area contributed by atoms with Gasteiger partial charge in [0.2, 0.25) is 0 Å². The molecule has 1 amide bonds. The van der Waals surface area contributed by atoms with E-state index in [-0.39, 0.29) is 25.1 Å². The highest BCUT2D eigenvalue weighted by molar-refractivity contribution is 5.83. The summed E-state index contributed by atoms with van der Waals surface area (Å²) in [6.45, 7) is 1.48. The molecule has 1 unspecified atom stereocenters. The molecule has 2 aliphatic rings. The van der Waals surface area contributed by atoms with Crippen molar-refractivity contribution >= 4 is 11.9 Å². The summed E-state index contributed by atoms with van der Waals surface area (Å²) in [5, 5.41) is 0. The van der Waals surface area contributed by atoms with Crippen LogP contribution in [0, 0.1) is 0 Å². The van der Waals surface area contributed by atoms with E-state index in [4.69, 9.17) is 9.47 Å². The summed E-state index contributed by atoms with van der Waals surface area (Å²) in [7, 11) is 0. The lowest BCUT2D eigenvalue weighted by Crippen LogP contribution is -2.36. The van der Waals surface area contributed by atoms with Crippen LogP contribution in [-0.4, -0.2) is 42.1 Å². The maximum Gasteiger partial charge on any atom is 0.410 e. The molecule has 0 saturated carbocycles. The molecule has 1 aromatic carbocycles. The van der Waals surface area contributed by atoms with E-state index in [1.165, 1.54) is 0 Å². The Morgan fingerprint density at radius 3 is 2.85 bits per heavy atom. The monoisotopic (exact) mass is 275 g/mol. The van der Waals surface area contributed by atoms with Gasteiger partial charge in [-0.25, -0.2) is 4.79 Å². The minimum Gasteiger partial charge on any atom is -0.445 e. The predicted octanol–water partition coefficient (Wildman–Crippen LogP) is 1.76. The molecule has 1 spiro atoms. The summed E-state index contributed by atoms with van der Waals surface area (Å²) in [5.41, 5.74) is 0.505. The van der Waals surface area contributed by atoms with E-state index in [0.29, 0.717) is 25.9 Å². The molecule has 0 aliphatic carbocycles. The number of rotatable bonds is 2. The second kappa shape index (κ2) is 5.25. The minimum atomic E-state index is -0.456. The molecule has 1 aromatic rings. The zero-order chi connectivity index (χ0) is 14.0. The molecule has 3 rings (SSSR count). The lowest BCUT2D eigenvalue weighted by molar-refractivity contribution is -0.117. The fraction of sp³-hybridized carbons (Fsp3) is 0.467. The van der Waals surface area contributed by atoms with Crippen LogP contribution in [0.5, 0.6) is 0 Å². The van der Waals surface area contributed by atoms with Gasteiger partial charge in [-0.05, 0) is 12.0 Å². The maximum atomic E-state index is 12.0. The van der Waals surface area contributed by atoms with Gasteiger partial charge >= 0.3 is 6.09 Å². The van der Waals surface area contributed by atoms with Gasteiger partial charge in [0.25, 0.3) is 0 Å². The van der Waals surface area contributed by atoms with E-state index in [0.717, 1.165) is 5.56 Å². The molecule has 0 bridgehead atoms. The zero-order valence-corrected chi connectivity index (χ0v) is 11.2. The van der Waals surface area contributed by atoms with Crippen LogP contribution in [0.1, 0.15) is 18.4 Å². The zero-order valence-electron chi connectivity index (χ0n) is 11.2. The SMILES string of the molecule is O=C1COC2(CCN(C(=O)OCc3ccccc3)C2)C1. The van der Waals surface area contributed by atoms with Gasteiger partial charge in [-0.3, -0.25) is 4.79 Å². The quantitative estimate of drug-likeness (QED) is 0.825. The van der Waals surface area contributed by atoms with Gasteiger partial charge in [0, 0.05) is 13.0 Å². The molecule has 1 atom stereocenters. The Morgan fingerprint density at radius 2 is 2.15 bits per heavy atom. The van der Waals surface area contributed by atoms with Crippen LogP contribution in [0.25, 0.3) is 0 Å². The molecular weight excluding hydrogens is 258 g/mol. The summed E-state index contributed by atoms with van der Waals surface area (Å²) < 4.78 is 10.8. The van der Waals surface area contributed by atoms with Gasteiger partial charge in [-0.1, -0.05) is 30.3 Å². The van der Waals surface area contributed by atoms with E-state index in [2.05, 4.69) is 0 Å². The Kier molecular flexibility index (Phi) is 3.44. The first-order valence-corrected chi connectivity index (χ1v) is 6.78. The summed E-state index contributed by atoms with van der Waals surface area (Å²) in [6.07, 6.45) is 0.780. The normalized spacial score (nSPS) is 25.4. The number of hydrogen-bond donors (Lipinski definition) is 0. The van der Waals surface area contributed by atoms with E-state index in [1.807, 2.05) is 30.3 Å². The van der Waals surface area contributed by atoms with Crippen LogP contribution >= 0.6 is 0 Å². The number of hydrogen-bond acceptors (Lipinski definition) is 4. The van der Waals surface area contributed by atoms with Gasteiger partial charge in [-0.15, -0.1) is 0 Å². The lowest BCUT2D eigenvalue weighted by Gasteiger charge is -2.22. The van der Waals surface area contributed by atoms with Crippen molar-refractivity contribution in [2.75, 3.05) is 19.7 Å². The molecule has 2 saturated heterocycles. The molecule has 106 valence electrons. The standard InChI is InChI=1S/C15H17NO4/c17-13-8-15(20-10-13)6-7-16(11-15)14(18)19-9-12-4-2-1-3-5-12/h1-5H,6-11H2. The third-order valence-corrected chi connectivity index (χ3v) is 3.84. The van der Waals surface area contributed by atoms with Crippen molar-refractivity contribution in [1.29, 1.82) is 0 Å². The van der Waals surface area contributed by atoms with E-state index in [1.54, 1.807) is 4.90 Å². The Hall–Kier alpha value is -1.88. The summed E-state index contributed by atoms with van der Waals surface area (Å²) in [5.74, 6) is 0.115. The van der Waals surface area contributed by atoms with Crippen LogP contribution in [0.15, 0.2) is 30.3 Å². The average Bonchev–Trinajstić information content (AvgIpc) is 3.04.